The fraction of sp³-hybridized carbons (Fsp3) is 0.364. The van der Waals surface area contributed by atoms with Crippen molar-refractivity contribution in [3.63, 3.8) is 0 Å². The Morgan fingerprint density at radius 3 is 2.36 bits per heavy atom. The summed E-state index contributed by atoms with van der Waals surface area (Å²) >= 11 is 0. The molecule has 2 aromatic carbocycles. The molecule has 0 saturated carbocycles. The van der Waals surface area contributed by atoms with E-state index in [0.29, 0.717) is 0 Å². The third-order valence-corrected chi connectivity index (χ3v) is 5.44. The quantitative estimate of drug-likeness (QED) is 0.810. The second-order valence-corrected chi connectivity index (χ2v) is 7.24. The molecule has 28 heavy (non-hydrogen) atoms. The van der Waals surface area contributed by atoms with E-state index >= 15 is 0 Å². The van der Waals surface area contributed by atoms with E-state index in [0.717, 1.165) is 43.2 Å². The van der Waals surface area contributed by atoms with Crippen LogP contribution in [0.25, 0.3) is 0 Å². The highest BCUT2D eigenvalue weighted by Crippen LogP contribution is 2.28. The molecule has 0 aliphatic carbocycles. The van der Waals surface area contributed by atoms with Gasteiger partial charge in [-0.25, -0.2) is 0 Å². The molecular weight excluding hydrogens is 354 g/mol. The summed E-state index contributed by atoms with van der Waals surface area (Å²) in [6.45, 7) is 5.15. The standard InChI is InChI=1S/C22H25N3O3/c1-16(17-5-3-2-4-6-17)25-21(26)15-20(22(25)27)23-18-7-9-19(10-8-18)24-11-13-28-14-12-24/h2-10,16,20,23H,11-15H2,1H3/t16-,20+/m0/s1. The number of likely N-dealkylation sites (tertiary alicyclic amines) is 1. The molecule has 0 bridgehead atoms. The average Bonchev–Trinajstić information content (AvgIpc) is 3.02. The number of carbonyl (C=O) groups excluding carboxylic acids is 2. The number of anilines is 2. The number of rotatable bonds is 5. The molecule has 0 unspecified atom stereocenters. The minimum Gasteiger partial charge on any atom is -0.378 e. The summed E-state index contributed by atoms with van der Waals surface area (Å²) in [5, 5.41) is 3.23. The van der Waals surface area contributed by atoms with E-state index in [-0.39, 0.29) is 24.3 Å². The zero-order valence-corrected chi connectivity index (χ0v) is 16.0. The van der Waals surface area contributed by atoms with Crippen molar-refractivity contribution in [2.75, 3.05) is 36.5 Å². The van der Waals surface area contributed by atoms with Crippen LogP contribution in [-0.2, 0) is 14.3 Å². The Labute approximate surface area is 165 Å². The lowest BCUT2D eigenvalue weighted by Crippen LogP contribution is -2.37. The molecular formula is C22H25N3O3. The van der Waals surface area contributed by atoms with Crippen LogP contribution in [0, 0.1) is 0 Å². The van der Waals surface area contributed by atoms with Crippen molar-refractivity contribution < 1.29 is 14.3 Å². The fourth-order valence-corrected chi connectivity index (χ4v) is 3.84. The maximum atomic E-state index is 12.9. The lowest BCUT2D eigenvalue weighted by Gasteiger charge is -2.29. The Hall–Kier alpha value is -2.86. The first kappa shape index (κ1) is 18.5. The van der Waals surface area contributed by atoms with Gasteiger partial charge in [0, 0.05) is 24.5 Å². The maximum Gasteiger partial charge on any atom is 0.252 e. The van der Waals surface area contributed by atoms with Gasteiger partial charge in [0.25, 0.3) is 5.91 Å². The molecule has 2 aliphatic heterocycles. The van der Waals surface area contributed by atoms with Crippen molar-refractivity contribution in [2.24, 2.45) is 0 Å². The molecule has 0 radical (unpaired) electrons. The predicted molar refractivity (Wildman–Crippen MR) is 108 cm³/mol. The van der Waals surface area contributed by atoms with Crippen LogP contribution >= 0.6 is 0 Å². The Morgan fingerprint density at radius 1 is 1.00 bits per heavy atom. The molecule has 2 aromatic rings. The van der Waals surface area contributed by atoms with Gasteiger partial charge in [0.1, 0.15) is 6.04 Å². The monoisotopic (exact) mass is 379 g/mol. The number of amides is 2. The number of hydrogen-bond acceptors (Lipinski definition) is 5. The smallest absolute Gasteiger partial charge is 0.252 e. The first-order chi connectivity index (χ1) is 13.6. The zero-order valence-electron chi connectivity index (χ0n) is 16.0. The van der Waals surface area contributed by atoms with Gasteiger partial charge >= 0.3 is 0 Å². The minimum absolute atomic E-state index is 0.135. The van der Waals surface area contributed by atoms with Gasteiger partial charge < -0.3 is 15.0 Å². The van der Waals surface area contributed by atoms with Gasteiger partial charge in [0.15, 0.2) is 0 Å². The molecule has 6 heteroatoms. The van der Waals surface area contributed by atoms with E-state index in [1.165, 1.54) is 4.90 Å². The summed E-state index contributed by atoms with van der Waals surface area (Å²) in [6.07, 6.45) is 0.182. The molecule has 1 N–H and O–H groups in total. The molecule has 0 aromatic heterocycles. The first-order valence-electron chi connectivity index (χ1n) is 9.73. The van der Waals surface area contributed by atoms with Crippen LogP contribution in [0.2, 0.25) is 0 Å². The van der Waals surface area contributed by atoms with E-state index < -0.39 is 6.04 Å². The van der Waals surface area contributed by atoms with E-state index in [4.69, 9.17) is 4.74 Å². The van der Waals surface area contributed by atoms with Crippen LogP contribution in [0.1, 0.15) is 24.9 Å². The highest BCUT2D eigenvalue weighted by molar-refractivity contribution is 6.07. The third kappa shape index (κ3) is 3.73. The van der Waals surface area contributed by atoms with E-state index in [2.05, 4.69) is 10.2 Å². The SMILES string of the molecule is C[C@@H](c1ccccc1)N1C(=O)C[C@@H](Nc2ccc(N3CCOCC3)cc2)C1=O. The first-order valence-corrected chi connectivity index (χ1v) is 9.73. The second kappa shape index (κ2) is 8.02. The summed E-state index contributed by atoms with van der Waals surface area (Å²) in [5.74, 6) is -0.303. The number of nitrogens with zero attached hydrogens (tertiary/aromatic N) is 2. The fourth-order valence-electron chi connectivity index (χ4n) is 3.84. The molecule has 6 nitrogen and oxygen atoms in total. The van der Waals surface area contributed by atoms with Crippen LogP contribution < -0.4 is 10.2 Å². The number of benzene rings is 2. The average molecular weight is 379 g/mol. The normalized spacial score (nSPS) is 21.1. The second-order valence-electron chi connectivity index (χ2n) is 7.24. The lowest BCUT2D eigenvalue weighted by atomic mass is 10.1. The summed E-state index contributed by atoms with van der Waals surface area (Å²) in [6, 6.07) is 16.9. The van der Waals surface area contributed by atoms with Gasteiger partial charge in [-0.2, -0.15) is 0 Å². The number of carbonyl (C=O) groups is 2. The van der Waals surface area contributed by atoms with Crippen molar-refractivity contribution in [1.82, 2.24) is 4.90 Å². The van der Waals surface area contributed by atoms with Crippen LogP contribution in [0.3, 0.4) is 0 Å². The molecule has 4 rings (SSSR count). The lowest BCUT2D eigenvalue weighted by molar-refractivity contribution is -0.141. The summed E-state index contributed by atoms with van der Waals surface area (Å²) in [4.78, 5) is 29.0. The third-order valence-electron chi connectivity index (χ3n) is 5.44. The van der Waals surface area contributed by atoms with Crippen LogP contribution in [0.5, 0.6) is 0 Å². The summed E-state index contributed by atoms with van der Waals surface area (Å²) in [5.41, 5.74) is 2.94. The minimum atomic E-state index is -0.520. The summed E-state index contributed by atoms with van der Waals surface area (Å²) in [7, 11) is 0. The van der Waals surface area contributed by atoms with Gasteiger partial charge in [-0.3, -0.25) is 14.5 Å². The summed E-state index contributed by atoms with van der Waals surface area (Å²) < 4.78 is 5.39. The number of imide groups is 1. The van der Waals surface area contributed by atoms with Crippen molar-refractivity contribution in [1.29, 1.82) is 0 Å². The van der Waals surface area contributed by atoms with Crippen LogP contribution in [0.4, 0.5) is 11.4 Å². The number of morpholine rings is 1. The largest absolute Gasteiger partial charge is 0.378 e. The van der Waals surface area contributed by atoms with Crippen LogP contribution in [0.15, 0.2) is 54.6 Å². The number of hydrogen-bond donors (Lipinski definition) is 1. The molecule has 2 fully saturated rings. The number of ether oxygens (including phenoxy) is 1. The highest BCUT2D eigenvalue weighted by Gasteiger charge is 2.41. The van der Waals surface area contributed by atoms with Crippen LogP contribution in [-0.4, -0.2) is 49.1 Å². The van der Waals surface area contributed by atoms with Gasteiger partial charge in [-0.1, -0.05) is 30.3 Å². The van der Waals surface area contributed by atoms with Gasteiger partial charge in [-0.05, 0) is 36.8 Å². The van der Waals surface area contributed by atoms with Crippen molar-refractivity contribution in [3.8, 4) is 0 Å². The number of nitrogens with one attached hydrogen (secondary N) is 1. The predicted octanol–water partition coefficient (Wildman–Crippen LogP) is 2.82. The van der Waals surface area contributed by atoms with Gasteiger partial charge in [0.05, 0.1) is 25.7 Å². The Morgan fingerprint density at radius 2 is 1.68 bits per heavy atom. The van der Waals surface area contributed by atoms with Crippen molar-refractivity contribution >= 4 is 23.2 Å². The molecule has 0 spiro atoms. The molecule has 2 aliphatic rings. The molecule has 2 saturated heterocycles. The van der Waals surface area contributed by atoms with Gasteiger partial charge in [0.2, 0.25) is 5.91 Å². The van der Waals surface area contributed by atoms with Gasteiger partial charge in [-0.15, -0.1) is 0 Å². The molecule has 2 amide bonds. The topological polar surface area (TPSA) is 61.9 Å². The Kier molecular flexibility index (Phi) is 5.30. The van der Waals surface area contributed by atoms with Crippen molar-refractivity contribution in [2.45, 2.75) is 25.4 Å². The van der Waals surface area contributed by atoms with E-state index in [9.17, 15) is 9.59 Å². The Bertz CT molecular complexity index is 832. The Balaban J connectivity index is 1.42. The highest BCUT2D eigenvalue weighted by atomic mass is 16.5. The molecule has 2 heterocycles. The zero-order chi connectivity index (χ0) is 19.5. The molecule has 2 atom stereocenters. The van der Waals surface area contributed by atoms with Crippen molar-refractivity contribution in [3.05, 3.63) is 60.2 Å². The maximum absolute atomic E-state index is 12.9. The van der Waals surface area contributed by atoms with E-state index in [1.54, 1.807) is 0 Å². The molecule has 146 valence electrons. The van der Waals surface area contributed by atoms with E-state index in [1.807, 2.05) is 61.5 Å².